The summed E-state index contributed by atoms with van der Waals surface area (Å²) in [6, 6.07) is 6.66. The standard InChI is InChI=1S/C9H9NO2.C5H10.C2H6/c1-10-9(12)8-5-3-2-4-7(8)6-11;1-3-5-4-2;1-2/h2-6H,1H3,(H,10,12);3,5H,4H2,1-2H3;1-2H3/b;5-3+;. The molecule has 0 unspecified atom stereocenters. The zero-order valence-electron chi connectivity index (χ0n) is 12.6. The Morgan fingerprint density at radius 3 is 2.21 bits per heavy atom. The van der Waals surface area contributed by atoms with Crippen LogP contribution in [0, 0.1) is 0 Å². The summed E-state index contributed by atoms with van der Waals surface area (Å²) < 4.78 is 0. The van der Waals surface area contributed by atoms with E-state index in [-0.39, 0.29) is 5.91 Å². The maximum atomic E-state index is 11.1. The van der Waals surface area contributed by atoms with E-state index in [1.165, 1.54) is 7.05 Å². The van der Waals surface area contributed by atoms with E-state index >= 15 is 0 Å². The summed E-state index contributed by atoms with van der Waals surface area (Å²) in [7, 11) is 1.53. The van der Waals surface area contributed by atoms with Gasteiger partial charge in [-0.05, 0) is 19.4 Å². The molecule has 0 saturated carbocycles. The van der Waals surface area contributed by atoms with Gasteiger partial charge in [0, 0.05) is 18.2 Å². The van der Waals surface area contributed by atoms with Crippen LogP contribution in [-0.4, -0.2) is 19.2 Å². The van der Waals surface area contributed by atoms with Gasteiger partial charge in [0.05, 0.1) is 0 Å². The molecular formula is C16H25NO2. The molecule has 106 valence electrons. The van der Waals surface area contributed by atoms with Crippen molar-refractivity contribution in [2.24, 2.45) is 0 Å². The van der Waals surface area contributed by atoms with Crippen LogP contribution in [0.15, 0.2) is 36.4 Å². The SMILES string of the molecule is C/C=C/CC.CC.CNC(=O)c1ccccc1C=O. The highest BCUT2D eigenvalue weighted by Gasteiger charge is 2.06. The van der Waals surface area contributed by atoms with Crippen molar-refractivity contribution < 1.29 is 9.59 Å². The molecule has 1 aromatic rings. The maximum Gasteiger partial charge on any atom is 0.251 e. The molecule has 3 heteroatoms. The number of amides is 1. The first kappa shape index (κ1) is 19.4. The van der Waals surface area contributed by atoms with Crippen LogP contribution in [-0.2, 0) is 0 Å². The first-order valence-corrected chi connectivity index (χ1v) is 6.58. The number of carbonyl (C=O) groups excluding carboxylic acids is 2. The number of benzene rings is 1. The van der Waals surface area contributed by atoms with Crippen molar-refractivity contribution in [3.05, 3.63) is 47.5 Å². The molecule has 3 nitrogen and oxygen atoms in total. The van der Waals surface area contributed by atoms with Crippen molar-refractivity contribution in [2.45, 2.75) is 34.1 Å². The average molecular weight is 263 g/mol. The van der Waals surface area contributed by atoms with Crippen LogP contribution in [0.25, 0.3) is 0 Å². The highest BCUT2D eigenvalue weighted by molar-refractivity contribution is 6.01. The molecule has 0 saturated heterocycles. The van der Waals surface area contributed by atoms with Crippen LogP contribution in [0.3, 0.4) is 0 Å². The van der Waals surface area contributed by atoms with Gasteiger partial charge in [-0.25, -0.2) is 0 Å². The Balaban J connectivity index is 0. The Morgan fingerprint density at radius 2 is 1.84 bits per heavy atom. The molecule has 0 heterocycles. The van der Waals surface area contributed by atoms with E-state index in [0.29, 0.717) is 17.4 Å². The highest BCUT2D eigenvalue weighted by Crippen LogP contribution is 2.04. The van der Waals surface area contributed by atoms with Gasteiger partial charge < -0.3 is 5.32 Å². The number of nitrogens with one attached hydrogen (secondary N) is 1. The van der Waals surface area contributed by atoms with Crippen molar-refractivity contribution in [1.29, 1.82) is 0 Å². The first-order chi connectivity index (χ1) is 9.21. The van der Waals surface area contributed by atoms with E-state index in [0.717, 1.165) is 6.42 Å². The number of rotatable bonds is 3. The molecule has 0 aliphatic heterocycles. The Bertz CT molecular complexity index is 384. The second-order valence-corrected chi connectivity index (χ2v) is 3.26. The first-order valence-electron chi connectivity index (χ1n) is 6.58. The molecule has 0 bridgehead atoms. The quantitative estimate of drug-likeness (QED) is 0.665. The summed E-state index contributed by atoms with van der Waals surface area (Å²) in [4.78, 5) is 21.6. The van der Waals surface area contributed by atoms with Crippen LogP contribution < -0.4 is 5.32 Å². The number of carbonyl (C=O) groups is 2. The van der Waals surface area contributed by atoms with E-state index in [9.17, 15) is 9.59 Å². The summed E-state index contributed by atoms with van der Waals surface area (Å²) in [6.45, 7) is 8.16. The molecule has 0 aromatic heterocycles. The Labute approximate surface area is 116 Å². The minimum absolute atomic E-state index is 0.238. The Hall–Kier alpha value is -1.90. The molecule has 1 N–H and O–H groups in total. The summed E-state index contributed by atoms with van der Waals surface area (Å²) >= 11 is 0. The van der Waals surface area contributed by atoms with Gasteiger partial charge >= 0.3 is 0 Å². The zero-order chi connectivity index (χ0) is 15.1. The molecular weight excluding hydrogens is 238 g/mol. The predicted octanol–water partition coefficient (Wildman–Crippen LogP) is 3.86. The summed E-state index contributed by atoms with van der Waals surface area (Å²) in [5.74, 6) is -0.238. The molecule has 1 rings (SSSR count). The van der Waals surface area contributed by atoms with Crippen molar-refractivity contribution in [2.75, 3.05) is 7.05 Å². The average Bonchev–Trinajstić information content (AvgIpc) is 2.50. The minimum atomic E-state index is -0.238. The molecule has 1 amide bonds. The van der Waals surface area contributed by atoms with Crippen molar-refractivity contribution in [1.82, 2.24) is 5.32 Å². The van der Waals surface area contributed by atoms with Gasteiger partial charge in [-0.15, -0.1) is 0 Å². The van der Waals surface area contributed by atoms with Crippen molar-refractivity contribution in [3.8, 4) is 0 Å². The third-order valence-electron chi connectivity index (χ3n) is 2.03. The monoisotopic (exact) mass is 263 g/mol. The van der Waals surface area contributed by atoms with E-state index in [1.807, 2.05) is 20.8 Å². The molecule has 0 atom stereocenters. The van der Waals surface area contributed by atoms with Gasteiger partial charge in [0.15, 0.2) is 6.29 Å². The minimum Gasteiger partial charge on any atom is -0.355 e. The molecule has 0 fully saturated rings. The fraction of sp³-hybridized carbons (Fsp3) is 0.375. The lowest BCUT2D eigenvalue weighted by Gasteiger charge is -2.00. The largest absolute Gasteiger partial charge is 0.355 e. The molecule has 0 aliphatic rings. The number of hydrogen-bond donors (Lipinski definition) is 1. The van der Waals surface area contributed by atoms with Crippen LogP contribution in [0.4, 0.5) is 0 Å². The Morgan fingerprint density at radius 1 is 1.26 bits per heavy atom. The van der Waals surface area contributed by atoms with Gasteiger partial charge in [0.1, 0.15) is 0 Å². The summed E-state index contributed by atoms with van der Waals surface area (Å²) in [5, 5.41) is 2.46. The molecule has 1 aromatic carbocycles. The van der Waals surface area contributed by atoms with Crippen molar-refractivity contribution >= 4 is 12.2 Å². The predicted molar refractivity (Wildman–Crippen MR) is 81.7 cm³/mol. The molecule has 0 radical (unpaired) electrons. The van der Waals surface area contributed by atoms with E-state index < -0.39 is 0 Å². The van der Waals surface area contributed by atoms with Crippen molar-refractivity contribution in [3.63, 3.8) is 0 Å². The summed E-state index contributed by atoms with van der Waals surface area (Å²) in [5.41, 5.74) is 0.826. The van der Waals surface area contributed by atoms with Gasteiger partial charge in [0.25, 0.3) is 5.91 Å². The van der Waals surface area contributed by atoms with Crippen LogP contribution in [0.2, 0.25) is 0 Å². The second kappa shape index (κ2) is 14.2. The van der Waals surface area contributed by atoms with Gasteiger partial charge in [-0.2, -0.15) is 0 Å². The number of aldehydes is 1. The molecule has 19 heavy (non-hydrogen) atoms. The topological polar surface area (TPSA) is 46.2 Å². The normalized spacial score (nSPS) is 8.68. The van der Waals surface area contributed by atoms with E-state index in [4.69, 9.17) is 0 Å². The Kier molecular flexibility index (Phi) is 14.5. The van der Waals surface area contributed by atoms with Crippen LogP contribution in [0.1, 0.15) is 54.8 Å². The lowest BCUT2D eigenvalue weighted by atomic mass is 10.1. The van der Waals surface area contributed by atoms with Gasteiger partial charge in [0.2, 0.25) is 0 Å². The second-order valence-electron chi connectivity index (χ2n) is 3.26. The lowest BCUT2D eigenvalue weighted by Crippen LogP contribution is -2.19. The smallest absolute Gasteiger partial charge is 0.251 e. The number of allylic oxidation sites excluding steroid dienone is 2. The fourth-order valence-electron chi connectivity index (χ4n) is 1.18. The van der Waals surface area contributed by atoms with E-state index in [2.05, 4.69) is 24.4 Å². The fourth-order valence-corrected chi connectivity index (χ4v) is 1.18. The highest BCUT2D eigenvalue weighted by atomic mass is 16.1. The van der Waals surface area contributed by atoms with E-state index in [1.54, 1.807) is 24.3 Å². The maximum absolute atomic E-state index is 11.1. The van der Waals surface area contributed by atoms with Crippen LogP contribution >= 0.6 is 0 Å². The molecule has 0 aliphatic carbocycles. The third kappa shape index (κ3) is 8.77. The van der Waals surface area contributed by atoms with Crippen LogP contribution in [0.5, 0.6) is 0 Å². The van der Waals surface area contributed by atoms with Gasteiger partial charge in [-0.1, -0.05) is 51.1 Å². The lowest BCUT2D eigenvalue weighted by molar-refractivity contribution is 0.0957. The zero-order valence-corrected chi connectivity index (χ0v) is 12.6. The molecule has 0 spiro atoms. The summed E-state index contributed by atoms with van der Waals surface area (Å²) in [6.07, 6.45) is 6.01. The third-order valence-corrected chi connectivity index (χ3v) is 2.03. The van der Waals surface area contributed by atoms with Gasteiger partial charge in [-0.3, -0.25) is 9.59 Å². The number of hydrogen-bond acceptors (Lipinski definition) is 2.